The maximum absolute atomic E-state index is 13.4. The molecule has 30 heavy (non-hydrogen) atoms. The lowest BCUT2D eigenvalue weighted by molar-refractivity contribution is 0.481. The first kappa shape index (κ1) is 18.7. The zero-order valence-electron chi connectivity index (χ0n) is 16.4. The van der Waals surface area contributed by atoms with E-state index in [2.05, 4.69) is 9.88 Å². The van der Waals surface area contributed by atoms with Gasteiger partial charge < -0.3 is 13.9 Å². The molecule has 0 bridgehead atoms. The number of rotatable bonds is 4. The molecule has 0 saturated heterocycles. The van der Waals surface area contributed by atoms with E-state index in [1.54, 1.807) is 25.4 Å². The second-order valence-corrected chi connectivity index (χ2v) is 7.89. The van der Waals surface area contributed by atoms with Gasteiger partial charge in [0.1, 0.15) is 5.76 Å². The SMILES string of the molecule is Cn1c(=O)n(Cc2ccc(Cl)cc2)c(=O)c2c1nc1n2CCCN1Cc1ccco1. The quantitative estimate of drug-likeness (QED) is 0.502. The number of aryl methyl sites for hydroxylation is 2. The van der Waals surface area contributed by atoms with E-state index in [-0.39, 0.29) is 12.1 Å². The van der Waals surface area contributed by atoms with Crippen LogP contribution in [0.2, 0.25) is 5.02 Å². The van der Waals surface area contributed by atoms with Crippen LogP contribution in [0.1, 0.15) is 17.7 Å². The van der Waals surface area contributed by atoms with Crippen molar-refractivity contribution in [2.45, 2.75) is 26.1 Å². The van der Waals surface area contributed by atoms with Crippen LogP contribution in [0.3, 0.4) is 0 Å². The molecule has 4 heterocycles. The van der Waals surface area contributed by atoms with Crippen LogP contribution in [0.25, 0.3) is 11.2 Å². The van der Waals surface area contributed by atoms with Crippen LogP contribution in [0.5, 0.6) is 0 Å². The summed E-state index contributed by atoms with van der Waals surface area (Å²) in [6.07, 6.45) is 2.51. The predicted molar refractivity (Wildman–Crippen MR) is 114 cm³/mol. The van der Waals surface area contributed by atoms with Crippen molar-refractivity contribution in [2.24, 2.45) is 7.05 Å². The maximum atomic E-state index is 13.4. The van der Waals surface area contributed by atoms with Crippen LogP contribution in [0.15, 0.2) is 56.7 Å². The monoisotopic (exact) mass is 425 g/mol. The average molecular weight is 426 g/mol. The summed E-state index contributed by atoms with van der Waals surface area (Å²) in [5.74, 6) is 1.51. The molecule has 0 amide bonds. The van der Waals surface area contributed by atoms with E-state index in [0.29, 0.717) is 35.2 Å². The van der Waals surface area contributed by atoms with E-state index < -0.39 is 5.69 Å². The molecule has 1 aromatic carbocycles. The topological polar surface area (TPSA) is 78.2 Å². The van der Waals surface area contributed by atoms with Crippen molar-refractivity contribution < 1.29 is 4.42 Å². The summed E-state index contributed by atoms with van der Waals surface area (Å²) in [4.78, 5) is 33.1. The van der Waals surface area contributed by atoms with Crippen LogP contribution in [-0.2, 0) is 26.7 Å². The Morgan fingerprint density at radius 3 is 2.63 bits per heavy atom. The Morgan fingerprint density at radius 1 is 1.10 bits per heavy atom. The van der Waals surface area contributed by atoms with Gasteiger partial charge in [0, 0.05) is 25.2 Å². The van der Waals surface area contributed by atoms with Crippen LogP contribution >= 0.6 is 11.6 Å². The maximum Gasteiger partial charge on any atom is 0.332 e. The Hall–Kier alpha value is -3.26. The molecular formula is C21H20ClN5O3. The van der Waals surface area contributed by atoms with E-state index in [1.165, 1.54) is 9.13 Å². The van der Waals surface area contributed by atoms with Crippen molar-refractivity contribution in [3.05, 3.63) is 79.8 Å². The third-order valence-corrected chi connectivity index (χ3v) is 5.74. The summed E-state index contributed by atoms with van der Waals surface area (Å²) in [6.45, 7) is 2.21. The first-order valence-corrected chi connectivity index (χ1v) is 10.1. The van der Waals surface area contributed by atoms with Gasteiger partial charge in [-0.3, -0.25) is 13.9 Å². The lowest BCUT2D eigenvalue weighted by atomic mass is 10.2. The fourth-order valence-corrected chi connectivity index (χ4v) is 4.11. The summed E-state index contributed by atoms with van der Waals surface area (Å²) in [5.41, 5.74) is 0.955. The van der Waals surface area contributed by atoms with E-state index >= 15 is 0 Å². The van der Waals surface area contributed by atoms with Crippen LogP contribution in [-0.4, -0.2) is 25.2 Å². The van der Waals surface area contributed by atoms with Gasteiger partial charge >= 0.3 is 5.69 Å². The second kappa shape index (κ2) is 7.21. The van der Waals surface area contributed by atoms with Gasteiger partial charge in [0.15, 0.2) is 11.2 Å². The molecular weight excluding hydrogens is 406 g/mol. The molecule has 0 spiro atoms. The number of halogens is 1. The van der Waals surface area contributed by atoms with Crippen molar-refractivity contribution >= 4 is 28.7 Å². The molecule has 154 valence electrons. The highest BCUT2D eigenvalue weighted by Crippen LogP contribution is 2.26. The number of furan rings is 1. The Labute approximate surface area is 176 Å². The van der Waals surface area contributed by atoms with Gasteiger partial charge in [-0.1, -0.05) is 23.7 Å². The first-order chi connectivity index (χ1) is 14.5. The zero-order valence-corrected chi connectivity index (χ0v) is 17.2. The smallest absolute Gasteiger partial charge is 0.332 e. The van der Waals surface area contributed by atoms with E-state index in [1.807, 2.05) is 28.8 Å². The molecule has 0 N–H and O–H groups in total. The molecule has 0 unspecified atom stereocenters. The van der Waals surface area contributed by atoms with E-state index in [4.69, 9.17) is 16.0 Å². The zero-order chi connectivity index (χ0) is 20.8. The van der Waals surface area contributed by atoms with Crippen molar-refractivity contribution in [2.75, 3.05) is 11.4 Å². The molecule has 0 aliphatic carbocycles. The van der Waals surface area contributed by atoms with Gasteiger partial charge in [-0.2, -0.15) is 4.98 Å². The van der Waals surface area contributed by atoms with Crippen molar-refractivity contribution in [3.63, 3.8) is 0 Å². The van der Waals surface area contributed by atoms with E-state index in [9.17, 15) is 9.59 Å². The number of hydrogen-bond acceptors (Lipinski definition) is 5. The fourth-order valence-electron chi connectivity index (χ4n) is 3.99. The van der Waals surface area contributed by atoms with Crippen molar-refractivity contribution in [3.8, 4) is 0 Å². The molecule has 0 radical (unpaired) electrons. The predicted octanol–water partition coefficient (Wildman–Crippen LogP) is 2.60. The van der Waals surface area contributed by atoms with Gasteiger partial charge in [-0.25, -0.2) is 4.79 Å². The number of hydrogen-bond donors (Lipinski definition) is 0. The third-order valence-electron chi connectivity index (χ3n) is 5.49. The average Bonchev–Trinajstić information content (AvgIpc) is 3.39. The minimum absolute atomic E-state index is 0.176. The lowest BCUT2D eigenvalue weighted by Crippen LogP contribution is -2.40. The van der Waals surface area contributed by atoms with Crippen LogP contribution in [0, 0.1) is 0 Å². The largest absolute Gasteiger partial charge is 0.467 e. The molecule has 0 fully saturated rings. The van der Waals surface area contributed by atoms with Gasteiger partial charge in [0.25, 0.3) is 5.56 Å². The molecule has 0 saturated carbocycles. The van der Waals surface area contributed by atoms with Gasteiger partial charge in [0.05, 0.1) is 19.4 Å². The summed E-state index contributed by atoms with van der Waals surface area (Å²) < 4.78 is 10.1. The minimum Gasteiger partial charge on any atom is -0.467 e. The summed E-state index contributed by atoms with van der Waals surface area (Å²) in [7, 11) is 1.65. The minimum atomic E-state index is -0.393. The van der Waals surface area contributed by atoms with Gasteiger partial charge in [-0.15, -0.1) is 0 Å². The van der Waals surface area contributed by atoms with Crippen LogP contribution in [0.4, 0.5) is 5.95 Å². The van der Waals surface area contributed by atoms with Crippen LogP contribution < -0.4 is 16.1 Å². The highest BCUT2D eigenvalue weighted by Gasteiger charge is 2.26. The molecule has 9 heteroatoms. The number of nitrogens with zero attached hydrogens (tertiary/aromatic N) is 5. The first-order valence-electron chi connectivity index (χ1n) is 9.75. The normalized spacial score (nSPS) is 13.7. The number of benzene rings is 1. The Bertz CT molecular complexity index is 1330. The third kappa shape index (κ3) is 3.04. The fraction of sp³-hybridized carbons (Fsp3) is 0.286. The summed E-state index contributed by atoms with van der Waals surface area (Å²) in [5, 5.41) is 0.607. The van der Waals surface area contributed by atoms with Crippen molar-refractivity contribution in [1.82, 2.24) is 18.7 Å². The Morgan fingerprint density at radius 2 is 1.90 bits per heavy atom. The van der Waals surface area contributed by atoms with Gasteiger partial charge in [-0.05, 0) is 36.2 Å². The summed E-state index contributed by atoms with van der Waals surface area (Å²) >= 11 is 5.95. The molecule has 1 aliphatic heterocycles. The second-order valence-electron chi connectivity index (χ2n) is 7.45. The number of imidazole rings is 1. The summed E-state index contributed by atoms with van der Waals surface area (Å²) in [6, 6.07) is 10.9. The molecule has 1 aliphatic rings. The molecule has 3 aromatic heterocycles. The lowest BCUT2D eigenvalue weighted by Gasteiger charge is -2.28. The van der Waals surface area contributed by atoms with E-state index in [0.717, 1.165) is 24.3 Å². The Kier molecular flexibility index (Phi) is 4.51. The number of aromatic nitrogens is 4. The highest BCUT2D eigenvalue weighted by atomic mass is 35.5. The number of anilines is 1. The standard InChI is InChI=1S/C21H20ClN5O3/c1-24-18-17(19(28)27(21(24)29)12-14-5-7-15(22)8-6-14)26-10-3-9-25(20(26)23-18)13-16-4-2-11-30-16/h2,4-8,11H,3,9-10,12-13H2,1H3. The molecule has 0 atom stereocenters. The molecule has 5 rings (SSSR count). The molecule has 4 aromatic rings. The molecule has 8 nitrogen and oxygen atoms in total. The van der Waals surface area contributed by atoms with Crippen molar-refractivity contribution in [1.29, 1.82) is 0 Å². The highest BCUT2D eigenvalue weighted by molar-refractivity contribution is 6.30. The number of fused-ring (bicyclic) bond motifs is 3. The van der Waals surface area contributed by atoms with Gasteiger partial charge in [0.2, 0.25) is 5.95 Å². The Balaban J connectivity index is 1.64.